The molecule has 1 fully saturated rings. The molecule has 0 amide bonds. The summed E-state index contributed by atoms with van der Waals surface area (Å²) in [6.45, 7) is 11.3. The molecule has 2 aromatic rings. The topological polar surface area (TPSA) is 26.7 Å². The molecule has 1 aliphatic rings. The number of phenolic OH excluding ortho intramolecular Hbond substituents is 1. The molecule has 26 heavy (non-hydrogen) atoms. The van der Waals surface area contributed by atoms with Gasteiger partial charge in [0, 0.05) is 41.8 Å². The molecule has 0 spiro atoms. The van der Waals surface area contributed by atoms with Crippen molar-refractivity contribution < 1.29 is 5.11 Å². The molecule has 1 saturated heterocycles. The predicted octanol–water partition coefficient (Wildman–Crippen LogP) is 4.82. The number of piperazine rings is 1. The van der Waals surface area contributed by atoms with E-state index in [0.717, 1.165) is 29.7 Å². The van der Waals surface area contributed by atoms with E-state index in [-0.39, 0.29) is 6.04 Å². The van der Waals surface area contributed by atoms with Crippen molar-refractivity contribution >= 4 is 15.9 Å². The van der Waals surface area contributed by atoms with Gasteiger partial charge >= 0.3 is 0 Å². The first-order valence-corrected chi connectivity index (χ1v) is 9.94. The number of nitrogens with zero attached hydrogens (tertiary/aromatic N) is 2. The molecule has 1 aliphatic heterocycles. The minimum absolute atomic E-state index is 0.0348. The number of rotatable bonds is 5. The van der Waals surface area contributed by atoms with Gasteiger partial charge in [-0.1, -0.05) is 52.3 Å². The van der Waals surface area contributed by atoms with Crippen molar-refractivity contribution in [3.8, 4) is 5.75 Å². The molecule has 0 aliphatic carbocycles. The SMILES string of the molecule is C=CCN1C[C@@H](C)N([C@H](c2ccc(Br)cc2)c2ccccc2O)C[C@@H]1C. The average molecular weight is 415 g/mol. The Morgan fingerprint density at radius 2 is 1.81 bits per heavy atom. The van der Waals surface area contributed by atoms with Crippen molar-refractivity contribution in [1.29, 1.82) is 0 Å². The highest BCUT2D eigenvalue weighted by atomic mass is 79.9. The van der Waals surface area contributed by atoms with Crippen LogP contribution < -0.4 is 0 Å². The number of hydrogen-bond acceptors (Lipinski definition) is 3. The van der Waals surface area contributed by atoms with Crippen molar-refractivity contribution in [1.82, 2.24) is 9.80 Å². The molecule has 0 unspecified atom stereocenters. The molecule has 1 heterocycles. The van der Waals surface area contributed by atoms with Crippen LogP contribution in [-0.4, -0.2) is 46.6 Å². The van der Waals surface area contributed by atoms with E-state index in [4.69, 9.17) is 0 Å². The lowest BCUT2D eigenvalue weighted by Crippen LogP contribution is -2.57. The highest BCUT2D eigenvalue weighted by molar-refractivity contribution is 9.10. The van der Waals surface area contributed by atoms with Gasteiger partial charge in [-0.25, -0.2) is 0 Å². The minimum atomic E-state index is 0.0348. The van der Waals surface area contributed by atoms with E-state index < -0.39 is 0 Å². The molecule has 0 bridgehead atoms. The van der Waals surface area contributed by atoms with Gasteiger partial charge in [0.2, 0.25) is 0 Å². The van der Waals surface area contributed by atoms with Crippen LogP contribution in [0.2, 0.25) is 0 Å². The first-order valence-electron chi connectivity index (χ1n) is 9.15. The number of aromatic hydroxyl groups is 1. The number of benzene rings is 2. The van der Waals surface area contributed by atoms with Crippen LogP contribution in [-0.2, 0) is 0 Å². The van der Waals surface area contributed by atoms with E-state index in [1.165, 1.54) is 5.56 Å². The van der Waals surface area contributed by atoms with E-state index in [1.54, 1.807) is 6.07 Å². The summed E-state index contributed by atoms with van der Waals surface area (Å²) < 4.78 is 1.06. The molecule has 1 N–H and O–H groups in total. The molecule has 0 aromatic heterocycles. The third-order valence-electron chi connectivity index (χ3n) is 5.28. The Morgan fingerprint density at radius 1 is 1.12 bits per heavy atom. The Bertz CT molecular complexity index is 746. The summed E-state index contributed by atoms with van der Waals surface area (Å²) in [5.74, 6) is 0.355. The second-order valence-corrected chi connectivity index (χ2v) is 8.07. The highest BCUT2D eigenvalue weighted by Crippen LogP contribution is 2.37. The number of halogens is 1. The number of para-hydroxylation sites is 1. The molecule has 0 radical (unpaired) electrons. The van der Waals surface area contributed by atoms with Gasteiger partial charge in [0.1, 0.15) is 5.75 Å². The molecule has 4 heteroatoms. The summed E-state index contributed by atoms with van der Waals surface area (Å²) in [5.41, 5.74) is 2.16. The minimum Gasteiger partial charge on any atom is -0.508 e. The quantitative estimate of drug-likeness (QED) is 0.709. The van der Waals surface area contributed by atoms with Crippen molar-refractivity contribution in [3.05, 3.63) is 76.8 Å². The van der Waals surface area contributed by atoms with Crippen LogP contribution in [0.4, 0.5) is 0 Å². The van der Waals surface area contributed by atoms with Gasteiger partial charge in [-0.2, -0.15) is 0 Å². The van der Waals surface area contributed by atoms with Gasteiger partial charge in [0.05, 0.1) is 6.04 Å². The molecule has 138 valence electrons. The van der Waals surface area contributed by atoms with E-state index in [0.29, 0.717) is 17.8 Å². The summed E-state index contributed by atoms with van der Waals surface area (Å²) in [4.78, 5) is 4.99. The monoisotopic (exact) mass is 414 g/mol. The van der Waals surface area contributed by atoms with Crippen LogP contribution in [0.3, 0.4) is 0 Å². The van der Waals surface area contributed by atoms with Crippen LogP contribution >= 0.6 is 15.9 Å². The second-order valence-electron chi connectivity index (χ2n) is 7.15. The number of hydrogen-bond donors (Lipinski definition) is 1. The average Bonchev–Trinajstić information content (AvgIpc) is 2.62. The normalized spacial score (nSPS) is 22.9. The van der Waals surface area contributed by atoms with E-state index in [2.05, 4.69) is 70.4 Å². The van der Waals surface area contributed by atoms with E-state index >= 15 is 0 Å². The van der Waals surface area contributed by atoms with Gasteiger partial charge < -0.3 is 5.11 Å². The lowest BCUT2D eigenvalue weighted by molar-refractivity contribution is 0.0301. The molecule has 3 nitrogen and oxygen atoms in total. The van der Waals surface area contributed by atoms with Crippen LogP contribution in [0, 0.1) is 0 Å². The van der Waals surface area contributed by atoms with Crippen molar-refractivity contribution in [2.75, 3.05) is 19.6 Å². The van der Waals surface area contributed by atoms with Crippen LogP contribution in [0.25, 0.3) is 0 Å². The maximum absolute atomic E-state index is 10.6. The third kappa shape index (κ3) is 4.03. The van der Waals surface area contributed by atoms with Crippen LogP contribution in [0.1, 0.15) is 31.0 Å². The lowest BCUT2D eigenvalue weighted by atomic mass is 9.93. The van der Waals surface area contributed by atoms with Gasteiger partial charge in [-0.15, -0.1) is 6.58 Å². The van der Waals surface area contributed by atoms with Crippen molar-refractivity contribution in [3.63, 3.8) is 0 Å². The molecular formula is C22H27BrN2O. The fourth-order valence-electron chi connectivity index (χ4n) is 3.92. The Labute approximate surface area is 165 Å². The van der Waals surface area contributed by atoms with Crippen LogP contribution in [0.15, 0.2) is 65.7 Å². The van der Waals surface area contributed by atoms with Gasteiger partial charge in [-0.3, -0.25) is 9.80 Å². The Morgan fingerprint density at radius 3 is 2.46 bits per heavy atom. The fourth-order valence-corrected chi connectivity index (χ4v) is 4.18. The molecular weight excluding hydrogens is 388 g/mol. The van der Waals surface area contributed by atoms with Crippen molar-refractivity contribution in [2.45, 2.75) is 32.0 Å². The van der Waals surface area contributed by atoms with E-state index in [9.17, 15) is 5.11 Å². The zero-order valence-electron chi connectivity index (χ0n) is 15.5. The molecule has 3 atom stereocenters. The summed E-state index contributed by atoms with van der Waals surface area (Å²) >= 11 is 3.53. The standard InChI is InChI=1S/C22H27BrN2O/c1-4-13-24-14-17(3)25(15-16(24)2)22(18-9-11-19(23)12-10-18)20-7-5-6-8-21(20)26/h4-12,16-17,22,26H,1,13-15H2,2-3H3/t16-,17+,22+/m0/s1. The third-order valence-corrected chi connectivity index (χ3v) is 5.80. The van der Waals surface area contributed by atoms with E-state index in [1.807, 2.05) is 24.3 Å². The van der Waals surface area contributed by atoms with Gasteiger partial charge in [0.25, 0.3) is 0 Å². The molecule has 0 saturated carbocycles. The highest BCUT2D eigenvalue weighted by Gasteiger charge is 2.35. The zero-order chi connectivity index (χ0) is 18.7. The predicted molar refractivity (Wildman–Crippen MR) is 111 cm³/mol. The van der Waals surface area contributed by atoms with Gasteiger partial charge in [-0.05, 0) is 37.6 Å². The van der Waals surface area contributed by atoms with Gasteiger partial charge in [0.15, 0.2) is 0 Å². The first kappa shape index (κ1) is 19.2. The summed E-state index contributed by atoms with van der Waals surface area (Å²) in [5, 5.41) is 10.6. The lowest BCUT2D eigenvalue weighted by Gasteiger charge is -2.47. The zero-order valence-corrected chi connectivity index (χ0v) is 17.1. The maximum atomic E-state index is 10.6. The largest absolute Gasteiger partial charge is 0.508 e. The number of phenols is 1. The summed E-state index contributed by atoms with van der Waals surface area (Å²) in [6.07, 6.45) is 1.98. The summed E-state index contributed by atoms with van der Waals surface area (Å²) in [6, 6.07) is 17.0. The van der Waals surface area contributed by atoms with Crippen LogP contribution in [0.5, 0.6) is 5.75 Å². The molecule has 2 aromatic carbocycles. The Balaban J connectivity index is 2.00. The summed E-state index contributed by atoms with van der Waals surface area (Å²) in [7, 11) is 0. The Kier molecular flexibility index (Phi) is 6.17. The second kappa shape index (κ2) is 8.38. The Hall–Kier alpha value is -1.62. The van der Waals surface area contributed by atoms with Crippen molar-refractivity contribution in [2.24, 2.45) is 0 Å². The maximum Gasteiger partial charge on any atom is 0.120 e. The molecule has 3 rings (SSSR count). The smallest absolute Gasteiger partial charge is 0.120 e. The first-order chi connectivity index (χ1) is 12.5. The fraction of sp³-hybridized carbons (Fsp3) is 0.364.